The average Bonchev–Trinajstić information content (AvgIpc) is 2.87. The van der Waals surface area contributed by atoms with E-state index >= 15 is 0 Å². The summed E-state index contributed by atoms with van der Waals surface area (Å²) >= 11 is 4.26. The van der Waals surface area contributed by atoms with E-state index in [2.05, 4.69) is 23.3 Å². The number of rotatable bonds is 8. The first-order valence-corrected chi connectivity index (χ1v) is 13.2. The predicted octanol–water partition coefficient (Wildman–Crippen LogP) is 5.31. The molecule has 2 atom stereocenters. The molecule has 2 N–H and O–H groups in total. The third-order valence-corrected chi connectivity index (χ3v) is 6.37. The molecule has 0 saturated carbocycles. The maximum atomic E-state index is 13.9. The number of anilines is 1. The van der Waals surface area contributed by atoms with Crippen molar-refractivity contribution in [3.63, 3.8) is 0 Å². The number of aryl methyl sites for hydroxylation is 2. The van der Waals surface area contributed by atoms with Crippen LogP contribution in [0.1, 0.15) is 43.5 Å². The van der Waals surface area contributed by atoms with E-state index in [9.17, 15) is 19.6 Å². The minimum atomic E-state index is -1.15. The van der Waals surface area contributed by atoms with Gasteiger partial charge in [0.15, 0.2) is 0 Å². The quantitative estimate of drug-likeness (QED) is 0.262. The lowest BCUT2D eigenvalue weighted by Crippen LogP contribution is -2.53. The molecule has 3 rings (SSSR count). The van der Waals surface area contributed by atoms with Crippen molar-refractivity contribution in [2.75, 3.05) is 17.6 Å². The number of hydrogen-bond donors (Lipinski definition) is 3. The summed E-state index contributed by atoms with van der Waals surface area (Å²) in [5, 5.41) is 17.1. The number of hydrogen-bond acceptors (Lipinski definition) is 6. The van der Waals surface area contributed by atoms with E-state index in [1.165, 1.54) is 4.90 Å². The monoisotopic (exact) mass is 546 g/mol. The molecule has 0 fully saturated rings. The van der Waals surface area contributed by atoms with E-state index in [1.807, 2.05) is 74.5 Å². The number of thiol groups is 1. The largest absolute Gasteiger partial charge is 0.444 e. The Hall–Kier alpha value is -4.03. The van der Waals surface area contributed by atoms with Crippen molar-refractivity contribution in [3.8, 4) is 6.07 Å². The fourth-order valence-electron chi connectivity index (χ4n) is 4.19. The molecule has 9 heteroatoms. The number of alkyl carbamates (subject to hydrolysis) is 1. The zero-order chi connectivity index (χ0) is 28.7. The fourth-order valence-corrected chi connectivity index (χ4v) is 4.44. The van der Waals surface area contributed by atoms with Crippen LogP contribution in [0.3, 0.4) is 0 Å². The van der Waals surface area contributed by atoms with Crippen LogP contribution in [0.4, 0.5) is 10.5 Å². The number of carbonyl (C=O) groups is 3. The van der Waals surface area contributed by atoms with Gasteiger partial charge in [0.25, 0.3) is 5.91 Å². The van der Waals surface area contributed by atoms with Crippen LogP contribution in [0, 0.1) is 25.2 Å². The maximum Gasteiger partial charge on any atom is 0.408 e. The van der Waals surface area contributed by atoms with Crippen molar-refractivity contribution in [1.82, 2.24) is 10.2 Å². The minimum Gasteiger partial charge on any atom is -0.444 e. The van der Waals surface area contributed by atoms with Crippen molar-refractivity contribution >= 4 is 47.0 Å². The lowest BCUT2D eigenvalue weighted by Gasteiger charge is -2.33. The van der Waals surface area contributed by atoms with Gasteiger partial charge in [0.05, 0.1) is 6.07 Å². The van der Waals surface area contributed by atoms with E-state index < -0.39 is 35.6 Å². The molecule has 8 nitrogen and oxygen atoms in total. The highest BCUT2D eigenvalue weighted by Gasteiger charge is 2.36. The molecule has 0 heterocycles. The van der Waals surface area contributed by atoms with Crippen molar-refractivity contribution < 1.29 is 19.1 Å². The van der Waals surface area contributed by atoms with Crippen LogP contribution in [0.25, 0.3) is 10.8 Å². The Morgan fingerprint density at radius 1 is 1.03 bits per heavy atom. The molecular weight excluding hydrogens is 512 g/mol. The summed E-state index contributed by atoms with van der Waals surface area (Å²) in [6, 6.07) is 18.6. The Morgan fingerprint density at radius 3 is 2.36 bits per heavy atom. The van der Waals surface area contributed by atoms with E-state index in [4.69, 9.17) is 4.74 Å². The van der Waals surface area contributed by atoms with Gasteiger partial charge in [-0.2, -0.15) is 17.9 Å². The molecule has 0 aliphatic heterocycles. The van der Waals surface area contributed by atoms with Gasteiger partial charge in [0.1, 0.15) is 24.2 Å². The van der Waals surface area contributed by atoms with Crippen LogP contribution in [-0.4, -0.2) is 46.7 Å². The standard InChI is InChI=1S/C30H34N4O4S/c1-19-10-11-20(2)24(16-19)26(27(35)32-23-13-12-21-8-6-7-9-22(21)17-23)34(15-14-31)28(36)25(18-39)33-29(37)38-30(3,4)5/h6-13,16-17,25-26,39H,15,18H2,1-5H3,(H,32,35)(H,33,37). The van der Waals surface area contributed by atoms with Gasteiger partial charge in [-0.15, -0.1) is 0 Å². The number of nitrogens with zero attached hydrogens (tertiary/aromatic N) is 2. The predicted molar refractivity (Wildman–Crippen MR) is 156 cm³/mol. The normalized spacial score (nSPS) is 12.6. The van der Waals surface area contributed by atoms with Gasteiger partial charge >= 0.3 is 6.09 Å². The first-order valence-electron chi connectivity index (χ1n) is 12.6. The molecule has 0 saturated heterocycles. The first kappa shape index (κ1) is 29.5. The Labute approximate surface area is 234 Å². The topological polar surface area (TPSA) is 112 Å². The van der Waals surface area contributed by atoms with Gasteiger partial charge in [0, 0.05) is 11.4 Å². The van der Waals surface area contributed by atoms with Crippen molar-refractivity contribution in [3.05, 3.63) is 77.4 Å². The van der Waals surface area contributed by atoms with Crippen molar-refractivity contribution in [2.45, 2.75) is 52.3 Å². The molecule has 0 spiro atoms. The van der Waals surface area contributed by atoms with E-state index in [-0.39, 0.29) is 12.3 Å². The second-order valence-corrected chi connectivity index (χ2v) is 10.7. The highest BCUT2D eigenvalue weighted by molar-refractivity contribution is 7.80. The summed E-state index contributed by atoms with van der Waals surface area (Å²) in [7, 11) is 0. The zero-order valence-electron chi connectivity index (χ0n) is 22.8. The number of ether oxygens (including phenoxy) is 1. The van der Waals surface area contributed by atoms with E-state index in [0.717, 1.165) is 21.9 Å². The molecule has 39 heavy (non-hydrogen) atoms. The highest BCUT2D eigenvalue weighted by Crippen LogP contribution is 2.29. The molecule has 2 unspecified atom stereocenters. The number of nitriles is 1. The van der Waals surface area contributed by atoms with Gasteiger partial charge in [-0.25, -0.2) is 4.79 Å². The molecule has 0 aromatic heterocycles. The number of benzene rings is 3. The maximum absolute atomic E-state index is 13.9. The van der Waals surface area contributed by atoms with Crippen LogP contribution in [-0.2, 0) is 14.3 Å². The van der Waals surface area contributed by atoms with Crippen LogP contribution < -0.4 is 10.6 Å². The van der Waals surface area contributed by atoms with E-state index in [1.54, 1.807) is 26.8 Å². The van der Waals surface area contributed by atoms with Crippen molar-refractivity contribution in [2.24, 2.45) is 0 Å². The van der Waals surface area contributed by atoms with Gasteiger partial charge in [-0.1, -0.05) is 54.1 Å². The van der Waals surface area contributed by atoms with Crippen molar-refractivity contribution in [1.29, 1.82) is 5.26 Å². The number of nitrogens with one attached hydrogen (secondary N) is 2. The first-order chi connectivity index (χ1) is 18.4. The molecule has 0 aliphatic carbocycles. The van der Waals surface area contributed by atoms with Gasteiger partial charge in [0.2, 0.25) is 5.91 Å². The summed E-state index contributed by atoms with van der Waals surface area (Å²) < 4.78 is 5.30. The number of carbonyl (C=O) groups excluding carboxylic acids is 3. The lowest BCUT2D eigenvalue weighted by atomic mass is 9.96. The zero-order valence-corrected chi connectivity index (χ0v) is 23.7. The molecule has 0 bridgehead atoms. The average molecular weight is 547 g/mol. The molecule has 204 valence electrons. The van der Waals surface area contributed by atoms with Crippen LogP contribution >= 0.6 is 12.6 Å². The van der Waals surface area contributed by atoms with Crippen LogP contribution in [0.5, 0.6) is 0 Å². The Kier molecular flexibility index (Phi) is 9.60. The molecule has 0 aliphatic rings. The Morgan fingerprint density at radius 2 is 1.72 bits per heavy atom. The molecule has 3 aromatic rings. The summed E-state index contributed by atoms with van der Waals surface area (Å²) in [5.74, 6) is -1.18. The molecule has 3 aromatic carbocycles. The smallest absolute Gasteiger partial charge is 0.408 e. The Bertz CT molecular complexity index is 1410. The summed E-state index contributed by atoms with van der Waals surface area (Å²) in [5.41, 5.74) is 2.02. The third kappa shape index (κ3) is 7.74. The SMILES string of the molecule is Cc1ccc(C)c(C(C(=O)Nc2ccc3ccccc3c2)N(CC#N)C(=O)C(CS)NC(=O)OC(C)(C)C)c1. The summed E-state index contributed by atoms with van der Waals surface area (Å²) in [6.07, 6.45) is -0.796. The summed E-state index contributed by atoms with van der Waals surface area (Å²) in [6.45, 7) is 8.47. The molecule has 0 radical (unpaired) electrons. The van der Waals surface area contributed by atoms with E-state index in [0.29, 0.717) is 11.3 Å². The number of amides is 3. The van der Waals surface area contributed by atoms with Gasteiger partial charge in [-0.3, -0.25) is 9.59 Å². The second kappa shape index (κ2) is 12.7. The molecule has 3 amide bonds. The van der Waals surface area contributed by atoms with Gasteiger partial charge < -0.3 is 20.3 Å². The lowest BCUT2D eigenvalue weighted by molar-refractivity contribution is -0.139. The third-order valence-electron chi connectivity index (χ3n) is 6.00. The number of fused-ring (bicyclic) bond motifs is 1. The molecular formula is C30H34N4O4S. The van der Waals surface area contributed by atoms with Crippen LogP contribution in [0.2, 0.25) is 0 Å². The van der Waals surface area contributed by atoms with Gasteiger partial charge in [-0.05, 0) is 68.7 Å². The second-order valence-electron chi connectivity index (χ2n) is 10.3. The van der Waals surface area contributed by atoms with Crippen LogP contribution in [0.15, 0.2) is 60.7 Å². The fraction of sp³-hybridized carbons (Fsp3) is 0.333. The summed E-state index contributed by atoms with van der Waals surface area (Å²) in [4.78, 5) is 41.3. The highest BCUT2D eigenvalue weighted by atomic mass is 32.1. The minimum absolute atomic E-state index is 0.0637. The Balaban J connectivity index is 2.01.